The smallest absolute Gasteiger partial charge is 0.281 e. The molecule has 4 rings (SSSR count). The summed E-state index contributed by atoms with van der Waals surface area (Å²) in [5.41, 5.74) is 4.17. The molecule has 35 heavy (non-hydrogen) atoms. The van der Waals surface area contributed by atoms with E-state index < -0.39 is 0 Å². The van der Waals surface area contributed by atoms with Crippen molar-refractivity contribution in [2.45, 2.75) is 45.3 Å². The highest BCUT2D eigenvalue weighted by Crippen LogP contribution is 2.35. The summed E-state index contributed by atoms with van der Waals surface area (Å²) in [7, 11) is 1.56. The Morgan fingerprint density at radius 3 is 2.46 bits per heavy atom. The van der Waals surface area contributed by atoms with Gasteiger partial charge in [0.05, 0.1) is 7.11 Å². The SMILES string of the molecule is COc1cc(CCC(C)(C)N2Cc3cccc(C(=O)N4CCN(C(=O)SC)CC4)c3C2)ccc1O. The molecule has 188 valence electrons. The number of phenolic OH excluding ortho intramolecular Hbond substituents is 1. The van der Waals surface area contributed by atoms with E-state index in [0.717, 1.165) is 42.6 Å². The van der Waals surface area contributed by atoms with Gasteiger partial charge < -0.3 is 19.6 Å². The Balaban J connectivity index is 1.42. The van der Waals surface area contributed by atoms with Crippen LogP contribution in [0.3, 0.4) is 0 Å². The van der Waals surface area contributed by atoms with Crippen LogP contribution in [0, 0.1) is 0 Å². The van der Waals surface area contributed by atoms with Crippen LogP contribution in [0.1, 0.15) is 47.3 Å². The minimum atomic E-state index is -0.0751. The van der Waals surface area contributed by atoms with Crippen LogP contribution in [0.4, 0.5) is 4.79 Å². The number of phenols is 1. The van der Waals surface area contributed by atoms with Crippen LogP contribution in [-0.2, 0) is 19.5 Å². The number of ether oxygens (including phenoxy) is 1. The van der Waals surface area contributed by atoms with E-state index in [-0.39, 0.29) is 22.4 Å². The minimum Gasteiger partial charge on any atom is -0.504 e. The number of carbonyl (C=O) groups is 2. The summed E-state index contributed by atoms with van der Waals surface area (Å²) in [4.78, 5) is 31.5. The lowest BCUT2D eigenvalue weighted by Gasteiger charge is -2.36. The van der Waals surface area contributed by atoms with Gasteiger partial charge in [0, 0.05) is 50.4 Å². The summed E-state index contributed by atoms with van der Waals surface area (Å²) in [5, 5.41) is 9.94. The number of methoxy groups -OCH3 is 1. The molecule has 2 aromatic carbocycles. The molecule has 0 aromatic heterocycles. The number of thioether (sulfide) groups is 1. The maximum atomic E-state index is 13.4. The lowest BCUT2D eigenvalue weighted by Crippen LogP contribution is -2.49. The van der Waals surface area contributed by atoms with Crippen molar-refractivity contribution in [2.24, 2.45) is 0 Å². The summed E-state index contributed by atoms with van der Waals surface area (Å²) in [6.45, 7) is 8.37. The molecule has 0 radical (unpaired) electrons. The van der Waals surface area contributed by atoms with Gasteiger partial charge in [0.1, 0.15) is 0 Å². The predicted octanol–water partition coefficient (Wildman–Crippen LogP) is 4.37. The molecule has 0 unspecified atom stereocenters. The highest BCUT2D eigenvalue weighted by atomic mass is 32.2. The van der Waals surface area contributed by atoms with Crippen molar-refractivity contribution in [1.82, 2.24) is 14.7 Å². The molecule has 2 aromatic rings. The van der Waals surface area contributed by atoms with E-state index in [2.05, 4.69) is 24.8 Å². The van der Waals surface area contributed by atoms with Gasteiger partial charge in [-0.2, -0.15) is 0 Å². The third-order valence-corrected chi connectivity index (χ3v) is 7.95. The Kier molecular flexibility index (Phi) is 7.62. The fourth-order valence-corrected chi connectivity index (χ4v) is 5.37. The first kappa shape index (κ1) is 25.4. The second kappa shape index (κ2) is 10.5. The lowest BCUT2D eigenvalue weighted by molar-refractivity contribution is 0.0673. The molecule has 1 saturated heterocycles. The van der Waals surface area contributed by atoms with E-state index in [1.54, 1.807) is 19.4 Å². The molecule has 0 spiro atoms. The fraction of sp³-hybridized carbons (Fsp3) is 0.481. The molecule has 1 N–H and O–H groups in total. The van der Waals surface area contributed by atoms with Gasteiger partial charge in [-0.05, 0) is 67.8 Å². The number of aromatic hydroxyl groups is 1. The number of fused-ring (bicyclic) bond motifs is 1. The highest BCUT2D eigenvalue weighted by molar-refractivity contribution is 8.12. The van der Waals surface area contributed by atoms with Crippen molar-refractivity contribution >= 4 is 22.9 Å². The van der Waals surface area contributed by atoms with Crippen molar-refractivity contribution < 1.29 is 19.4 Å². The van der Waals surface area contributed by atoms with Gasteiger partial charge in [-0.15, -0.1) is 0 Å². The van der Waals surface area contributed by atoms with Crippen molar-refractivity contribution in [3.63, 3.8) is 0 Å². The van der Waals surface area contributed by atoms with Crippen LogP contribution in [0.5, 0.6) is 11.5 Å². The van der Waals surface area contributed by atoms with Gasteiger partial charge in [0.2, 0.25) is 0 Å². The van der Waals surface area contributed by atoms with Crippen LogP contribution >= 0.6 is 11.8 Å². The number of piperazine rings is 1. The Morgan fingerprint density at radius 1 is 1.06 bits per heavy atom. The van der Waals surface area contributed by atoms with Crippen LogP contribution in [-0.4, -0.2) is 76.0 Å². The third kappa shape index (κ3) is 5.43. The molecule has 0 saturated carbocycles. The van der Waals surface area contributed by atoms with Gasteiger partial charge in [0.25, 0.3) is 11.1 Å². The van der Waals surface area contributed by atoms with Gasteiger partial charge in [-0.1, -0.05) is 30.0 Å². The van der Waals surface area contributed by atoms with Crippen LogP contribution in [0.15, 0.2) is 36.4 Å². The summed E-state index contributed by atoms with van der Waals surface area (Å²) in [5.74, 6) is 0.713. The molecule has 2 aliphatic rings. The highest BCUT2D eigenvalue weighted by Gasteiger charge is 2.35. The first-order valence-electron chi connectivity index (χ1n) is 12.1. The van der Waals surface area contributed by atoms with Gasteiger partial charge in [-0.3, -0.25) is 14.5 Å². The van der Waals surface area contributed by atoms with E-state index in [0.29, 0.717) is 31.9 Å². The quantitative estimate of drug-likeness (QED) is 0.639. The number of nitrogens with zero attached hydrogens (tertiary/aromatic N) is 3. The first-order chi connectivity index (χ1) is 16.7. The topological polar surface area (TPSA) is 73.3 Å². The number of aryl methyl sites for hydroxylation is 1. The van der Waals surface area contributed by atoms with E-state index in [9.17, 15) is 14.7 Å². The summed E-state index contributed by atoms with van der Waals surface area (Å²) in [6.07, 6.45) is 3.59. The molecule has 0 atom stereocenters. The van der Waals surface area contributed by atoms with Gasteiger partial charge >= 0.3 is 0 Å². The van der Waals surface area contributed by atoms with E-state index in [1.807, 2.05) is 34.1 Å². The minimum absolute atomic E-state index is 0.0638. The predicted molar refractivity (Wildman–Crippen MR) is 139 cm³/mol. The van der Waals surface area contributed by atoms with Crippen molar-refractivity contribution in [2.75, 3.05) is 39.5 Å². The number of hydrogen-bond acceptors (Lipinski definition) is 6. The largest absolute Gasteiger partial charge is 0.504 e. The van der Waals surface area contributed by atoms with Crippen molar-refractivity contribution in [3.05, 3.63) is 58.7 Å². The van der Waals surface area contributed by atoms with Crippen molar-refractivity contribution in [1.29, 1.82) is 0 Å². The van der Waals surface area contributed by atoms with Gasteiger partial charge in [0.15, 0.2) is 11.5 Å². The molecule has 8 heteroatoms. The third-order valence-electron chi connectivity index (χ3n) is 7.34. The maximum Gasteiger partial charge on any atom is 0.281 e. The molecule has 2 amide bonds. The second-order valence-corrected chi connectivity index (χ2v) is 10.6. The molecular weight excluding hydrogens is 462 g/mol. The van der Waals surface area contributed by atoms with E-state index >= 15 is 0 Å². The lowest BCUT2D eigenvalue weighted by atomic mass is 9.93. The molecule has 2 aliphatic heterocycles. The van der Waals surface area contributed by atoms with E-state index in [4.69, 9.17) is 4.74 Å². The average Bonchev–Trinajstić information content (AvgIpc) is 3.33. The molecule has 2 heterocycles. The van der Waals surface area contributed by atoms with Crippen LogP contribution < -0.4 is 4.74 Å². The number of benzene rings is 2. The normalized spacial score (nSPS) is 16.3. The van der Waals surface area contributed by atoms with Crippen molar-refractivity contribution in [3.8, 4) is 11.5 Å². The number of carbonyl (C=O) groups excluding carboxylic acids is 2. The van der Waals surface area contributed by atoms with Crippen LogP contribution in [0.25, 0.3) is 0 Å². The Morgan fingerprint density at radius 2 is 1.77 bits per heavy atom. The Bertz CT molecular complexity index is 1100. The number of rotatable bonds is 6. The number of amides is 2. The average molecular weight is 498 g/mol. The zero-order valence-electron chi connectivity index (χ0n) is 21.0. The first-order valence-corrected chi connectivity index (χ1v) is 13.3. The molecular formula is C27H35N3O4S. The van der Waals surface area contributed by atoms with Crippen LogP contribution in [0.2, 0.25) is 0 Å². The second-order valence-electron chi connectivity index (χ2n) is 9.87. The summed E-state index contributed by atoms with van der Waals surface area (Å²) in [6, 6.07) is 11.6. The Labute approximate surface area is 212 Å². The standard InChI is InChI=1S/C27H35N3O4S/c1-27(2,11-10-19-8-9-23(31)24(16-19)34-3)30-17-20-6-5-7-21(22(20)18-30)25(32)28-12-14-29(15-13-28)26(33)35-4/h5-9,16,31H,10-15,17-18H2,1-4H3. The fourth-order valence-electron chi connectivity index (χ4n) is 4.93. The summed E-state index contributed by atoms with van der Waals surface area (Å²) < 4.78 is 5.25. The summed E-state index contributed by atoms with van der Waals surface area (Å²) >= 11 is 1.22. The monoisotopic (exact) mass is 497 g/mol. The maximum absolute atomic E-state index is 13.4. The molecule has 1 fully saturated rings. The zero-order valence-corrected chi connectivity index (χ0v) is 21.9. The van der Waals surface area contributed by atoms with E-state index in [1.165, 1.54) is 17.3 Å². The number of hydrogen-bond donors (Lipinski definition) is 1. The Hall–Kier alpha value is -2.71. The molecule has 0 bridgehead atoms. The molecule has 0 aliphatic carbocycles. The molecule has 7 nitrogen and oxygen atoms in total. The zero-order chi connectivity index (χ0) is 25.2. The van der Waals surface area contributed by atoms with Gasteiger partial charge in [-0.25, -0.2) is 0 Å².